The van der Waals surface area contributed by atoms with Crippen LogP contribution >= 0.6 is 0 Å². The SMILES string of the molecule is C#CCCNCc1cc(C(N)=O)ccc1F. The van der Waals surface area contributed by atoms with Gasteiger partial charge >= 0.3 is 0 Å². The van der Waals surface area contributed by atoms with Gasteiger partial charge in [0.15, 0.2) is 0 Å². The van der Waals surface area contributed by atoms with Gasteiger partial charge in [-0.15, -0.1) is 12.3 Å². The molecule has 0 radical (unpaired) electrons. The van der Waals surface area contributed by atoms with Crippen molar-refractivity contribution in [3.63, 3.8) is 0 Å². The minimum absolute atomic E-state index is 0.301. The molecule has 0 saturated heterocycles. The van der Waals surface area contributed by atoms with E-state index in [2.05, 4.69) is 11.2 Å². The summed E-state index contributed by atoms with van der Waals surface area (Å²) in [6, 6.07) is 4.04. The topological polar surface area (TPSA) is 55.1 Å². The van der Waals surface area contributed by atoms with Crippen molar-refractivity contribution in [3.05, 3.63) is 35.1 Å². The Kier molecular flexibility index (Phi) is 4.49. The maximum Gasteiger partial charge on any atom is 0.248 e. The largest absolute Gasteiger partial charge is 0.366 e. The Morgan fingerprint density at radius 1 is 1.56 bits per heavy atom. The van der Waals surface area contributed by atoms with Gasteiger partial charge in [-0.25, -0.2) is 4.39 Å². The first-order chi connectivity index (χ1) is 7.65. The minimum Gasteiger partial charge on any atom is -0.366 e. The second-order valence-electron chi connectivity index (χ2n) is 3.30. The van der Waals surface area contributed by atoms with Crippen LogP contribution in [0.15, 0.2) is 18.2 Å². The van der Waals surface area contributed by atoms with Crippen molar-refractivity contribution >= 4 is 5.91 Å². The third-order valence-electron chi connectivity index (χ3n) is 2.09. The van der Waals surface area contributed by atoms with E-state index in [9.17, 15) is 9.18 Å². The molecular formula is C12H13FN2O. The molecule has 3 nitrogen and oxygen atoms in total. The first-order valence-electron chi connectivity index (χ1n) is 4.87. The molecule has 0 unspecified atom stereocenters. The van der Waals surface area contributed by atoms with E-state index in [0.29, 0.717) is 30.6 Å². The minimum atomic E-state index is -0.565. The first-order valence-corrected chi connectivity index (χ1v) is 4.87. The number of hydrogen-bond acceptors (Lipinski definition) is 2. The van der Waals surface area contributed by atoms with Crippen LogP contribution in [-0.4, -0.2) is 12.5 Å². The fourth-order valence-electron chi connectivity index (χ4n) is 1.25. The molecule has 0 aromatic heterocycles. The number of terminal acetylenes is 1. The summed E-state index contributed by atoms with van der Waals surface area (Å²) in [5.41, 5.74) is 5.81. The third kappa shape index (κ3) is 3.37. The average molecular weight is 220 g/mol. The highest BCUT2D eigenvalue weighted by atomic mass is 19.1. The fraction of sp³-hybridized carbons (Fsp3) is 0.250. The van der Waals surface area contributed by atoms with Gasteiger partial charge in [0.05, 0.1) is 0 Å². The number of hydrogen-bond donors (Lipinski definition) is 2. The van der Waals surface area contributed by atoms with E-state index in [-0.39, 0.29) is 5.82 Å². The molecule has 1 aromatic rings. The Balaban J connectivity index is 2.67. The second kappa shape index (κ2) is 5.89. The van der Waals surface area contributed by atoms with Gasteiger partial charge in [-0.2, -0.15) is 0 Å². The predicted molar refractivity (Wildman–Crippen MR) is 60.1 cm³/mol. The lowest BCUT2D eigenvalue weighted by atomic mass is 10.1. The van der Waals surface area contributed by atoms with E-state index in [1.807, 2.05) is 0 Å². The standard InChI is InChI=1S/C12H13FN2O/c1-2-3-6-15-8-10-7-9(12(14)16)4-5-11(10)13/h1,4-5,7,15H,3,6,8H2,(H2,14,16). The lowest BCUT2D eigenvalue weighted by Crippen LogP contribution is -2.17. The zero-order valence-corrected chi connectivity index (χ0v) is 8.79. The van der Waals surface area contributed by atoms with Gasteiger partial charge in [0.25, 0.3) is 0 Å². The number of halogens is 1. The Morgan fingerprint density at radius 2 is 2.31 bits per heavy atom. The first kappa shape index (κ1) is 12.2. The molecule has 0 heterocycles. The van der Waals surface area contributed by atoms with E-state index in [1.165, 1.54) is 18.2 Å². The zero-order chi connectivity index (χ0) is 12.0. The molecule has 1 aromatic carbocycles. The van der Waals surface area contributed by atoms with E-state index in [1.54, 1.807) is 0 Å². The van der Waals surface area contributed by atoms with Gasteiger partial charge in [-0.05, 0) is 18.2 Å². The van der Waals surface area contributed by atoms with Gasteiger partial charge in [0.1, 0.15) is 5.82 Å². The molecule has 0 spiro atoms. The average Bonchev–Trinajstić information content (AvgIpc) is 2.26. The van der Waals surface area contributed by atoms with Crippen molar-refractivity contribution in [3.8, 4) is 12.3 Å². The monoisotopic (exact) mass is 220 g/mol. The fourth-order valence-corrected chi connectivity index (χ4v) is 1.25. The van der Waals surface area contributed by atoms with Gasteiger partial charge in [0.2, 0.25) is 5.91 Å². The molecule has 0 aliphatic heterocycles. The Labute approximate surface area is 93.8 Å². The van der Waals surface area contributed by atoms with E-state index in [4.69, 9.17) is 12.2 Å². The maximum absolute atomic E-state index is 13.3. The predicted octanol–water partition coefficient (Wildman–Crippen LogP) is 1.04. The van der Waals surface area contributed by atoms with Crippen molar-refractivity contribution in [2.24, 2.45) is 5.73 Å². The molecule has 1 rings (SSSR count). The van der Waals surface area contributed by atoms with Gasteiger partial charge in [0, 0.05) is 30.6 Å². The molecule has 1 amide bonds. The third-order valence-corrected chi connectivity index (χ3v) is 2.09. The van der Waals surface area contributed by atoms with Crippen molar-refractivity contribution in [2.45, 2.75) is 13.0 Å². The van der Waals surface area contributed by atoms with Crippen molar-refractivity contribution in [2.75, 3.05) is 6.54 Å². The van der Waals surface area contributed by atoms with Crippen LogP contribution in [0.25, 0.3) is 0 Å². The summed E-state index contributed by atoms with van der Waals surface area (Å²) < 4.78 is 13.3. The molecule has 84 valence electrons. The van der Waals surface area contributed by atoms with Crippen LogP contribution in [0.5, 0.6) is 0 Å². The van der Waals surface area contributed by atoms with E-state index >= 15 is 0 Å². The maximum atomic E-state index is 13.3. The smallest absolute Gasteiger partial charge is 0.248 e. The van der Waals surface area contributed by atoms with E-state index < -0.39 is 5.91 Å². The zero-order valence-electron chi connectivity index (χ0n) is 8.79. The number of benzene rings is 1. The van der Waals surface area contributed by atoms with Gasteiger partial charge < -0.3 is 11.1 Å². The van der Waals surface area contributed by atoms with Crippen LogP contribution in [0.3, 0.4) is 0 Å². The number of amides is 1. The summed E-state index contributed by atoms with van der Waals surface area (Å²) in [6.07, 6.45) is 5.66. The molecule has 0 bridgehead atoms. The Morgan fingerprint density at radius 3 is 2.94 bits per heavy atom. The van der Waals surface area contributed by atoms with E-state index in [0.717, 1.165) is 0 Å². The molecule has 0 atom stereocenters. The molecule has 0 aliphatic carbocycles. The van der Waals surface area contributed by atoms with Gasteiger partial charge in [-0.1, -0.05) is 0 Å². The number of nitrogens with one attached hydrogen (secondary N) is 1. The van der Waals surface area contributed by atoms with Crippen LogP contribution in [-0.2, 0) is 6.54 Å². The van der Waals surface area contributed by atoms with Crippen LogP contribution in [0.1, 0.15) is 22.3 Å². The lowest BCUT2D eigenvalue weighted by Gasteiger charge is -2.05. The quantitative estimate of drug-likeness (QED) is 0.575. The normalized spacial score (nSPS) is 9.75. The molecular weight excluding hydrogens is 207 g/mol. The number of carbonyl (C=O) groups excluding carboxylic acids is 1. The highest BCUT2D eigenvalue weighted by molar-refractivity contribution is 5.92. The van der Waals surface area contributed by atoms with Crippen LogP contribution in [0.4, 0.5) is 4.39 Å². The van der Waals surface area contributed by atoms with Crippen molar-refractivity contribution in [1.82, 2.24) is 5.32 Å². The second-order valence-corrected chi connectivity index (χ2v) is 3.30. The Hall–Kier alpha value is -1.86. The summed E-state index contributed by atoms with van der Waals surface area (Å²) in [5.74, 6) is 1.54. The number of carbonyl (C=O) groups is 1. The van der Waals surface area contributed by atoms with Gasteiger partial charge in [-0.3, -0.25) is 4.79 Å². The highest BCUT2D eigenvalue weighted by Crippen LogP contribution is 2.10. The molecule has 0 aliphatic rings. The van der Waals surface area contributed by atoms with Crippen LogP contribution < -0.4 is 11.1 Å². The summed E-state index contributed by atoms with van der Waals surface area (Å²) >= 11 is 0. The molecule has 0 fully saturated rings. The molecule has 0 saturated carbocycles. The lowest BCUT2D eigenvalue weighted by molar-refractivity contribution is 0.1000. The summed E-state index contributed by atoms with van der Waals surface area (Å²) in [4.78, 5) is 10.9. The summed E-state index contributed by atoms with van der Waals surface area (Å²) in [5, 5.41) is 2.97. The molecule has 3 N–H and O–H groups in total. The van der Waals surface area contributed by atoms with Crippen molar-refractivity contribution < 1.29 is 9.18 Å². The summed E-state index contributed by atoms with van der Waals surface area (Å²) in [6.45, 7) is 0.936. The number of rotatable bonds is 5. The highest BCUT2D eigenvalue weighted by Gasteiger charge is 2.06. The Bertz CT molecular complexity index is 424. The number of nitrogens with two attached hydrogens (primary N) is 1. The van der Waals surface area contributed by atoms with Crippen LogP contribution in [0.2, 0.25) is 0 Å². The van der Waals surface area contributed by atoms with Crippen LogP contribution in [0, 0.1) is 18.2 Å². The number of primary amides is 1. The molecule has 4 heteroatoms. The summed E-state index contributed by atoms with van der Waals surface area (Å²) in [7, 11) is 0. The molecule has 16 heavy (non-hydrogen) atoms. The van der Waals surface area contributed by atoms with Crippen molar-refractivity contribution in [1.29, 1.82) is 0 Å².